The SMILES string of the molecule is CCCCSC(=S)SC(CCCC(SC(=S)SCCCC)C(=O)CO)C(=O)CO. The molecule has 0 bridgehead atoms. The summed E-state index contributed by atoms with van der Waals surface area (Å²) in [5, 5.41) is 17.7. The third kappa shape index (κ3) is 15.3. The van der Waals surface area contributed by atoms with Crippen molar-refractivity contribution < 1.29 is 19.8 Å². The van der Waals surface area contributed by atoms with E-state index in [1.165, 1.54) is 23.5 Å². The number of hydrogen-bond donors (Lipinski definition) is 2. The van der Waals surface area contributed by atoms with Gasteiger partial charge in [-0.25, -0.2) is 0 Å². The van der Waals surface area contributed by atoms with Gasteiger partial charge in [0, 0.05) is 0 Å². The smallest absolute Gasteiger partial charge is 0.171 e. The van der Waals surface area contributed by atoms with Crippen LogP contribution in [0.1, 0.15) is 58.8 Å². The number of thiocarbonyl (C=S) groups is 2. The molecule has 0 aliphatic heterocycles. The van der Waals surface area contributed by atoms with Gasteiger partial charge in [-0.2, -0.15) is 0 Å². The number of hydrogen-bond acceptors (Lipinski definition) is 10. The summed E-state index contributed by atoms with van der Waals surface area (Å²) in [4.78, 5) is 24.2. The minimum absolute atomic E-state index is 0.239. The van der Waals surface area contributed by atoms with E-state index in [-0.39, 0.29) is 11.6 Å². The van der Waals surface area contributed by atoms with E-state index in [4.69, 9.17) is 24.4 Å². The third-order valence-corrected chi connectivity index (χ3v) is 9.85. The number of Topliss-reactive ketones (excluding diaryl/α,β-unsaturated/α-hetero) is 2. The van der Waals surface area contributed by atoms with Crippen LogP contribution in [0.3, 0.4) is 0 Å². The second-order valence-corrected chi connectivity index (χ2v) is 13.3. The predicted molar refractivity (Wildman–Crippen MR) is 141 cm³/mol. The molecule has 0 aromatic carbocycles. The maximum absolute atomic E-state index is 12.1. The summed E-state index contributed by atoms with van der Waals surface area (Å²) in [6.07, 6.45) is 6.02. The summed E-state index contributed by atoms with van der Waals surface area (Å²) < 4.78 is 1.44. The number of thioether (sulfide) groups is 4. The molecule has 2 unspecified atom stereocenters. The van der Waals surface area contributed by atoms with Crippen LogP contribution in [0, 0.1) is 0 Å². The average Bonchev–Trinajstić information content (AvgIpc) is 2.71. The Kier molecular flexibility index (Phi) is 20.1. The van der Waals surface area contributed by atoms with Crippen molar-refractivity contribution in [3.63, 3.8) is 0 Å². The van der Waals surface area contributed by atoms with Crippen molar-refractivity contribution in [2.24, 2.45) is 0 Å². The van der Waals surface area contributed by atoms with Gasteiger partial charge in [-0.15, -0.1) is 23.5 Å². The lowest BCUT2D eigenvalue weighted by Gasteiger charge is -2.18. The zero-order valence-corrected chi connectivity index (χ0v) is 22.0. The maximum Gasteiger partial charge on any atom is 0.171 e. The Hall–Kier alpha value is 0.840. The first-order valence-corrected chi connectivity index (χ1v) is 14.4. The zero-order chi connectivity index (χ0) is 22.1. The van der Waals surface area contributed by atoms with Gasteiger partial charge < -0.3 is 10.2 Å². The van der Waals surface area contributed by atoms with Crippen molar-refractivity contribution in [1.29, 1.82) is 0 Å². The van der Waals surface area contributed by atoms with Crippen molar-refractivity contribution in [2.45, 2.75) is 69.3 Å². The van der Waals surface area contributed by atoms with Crippen molar-refractivity contribution in [2.75, 3.05) is 24.7 Å². The van der Waals surface area contributed by atoms with E-state index in [1.807, 2.05) is 0 Å². The highest BCUT2D eigenvalue weighted by atomic mass is 32.2. The quantitative estimate of drug-likeness (QED) is 0.213. The van der Waals surface area contributed by atoms with Gasteiger partial charge in [0.25, 0.3) is 0 Å². The van der Waals surface area contributed by atoms with Gasteiger partial charge in [0.1, 0.15) is 20.3 Å². The predicted octanol–water partition coefficient (Wildman–Crippen LogP) is 5.12. The van der Waals surface area contributed by atoms with Crippen molar-refractivity contribution >= 4 is 90.1 Å². The van der Waals surface area contributed by atoms with Crippen LogP contribution in [-0.2, 0) is 9.59 Å². The van der Waals surface area contributed by atoms with Crippen LogP contribution in [0.5, 0.6) is 0 Å². The molecule has 0 aliphatic carbocycles. The molecule has 0 aromatic heterocycles. The summed E-state index contributed by atoms with van der Waals surface area (Å²) in [5.41, 5.74) is 0. The molecule has 29 heavy (non-hydrogen) atoms. The van der Waals surface area contributed by atoms with Crippen LogP contribution in [0.25, 0.3) is 0 Å². The first kappa shape index (κ1) is 29.8. The van der Waals surface area contributed by atoms with Crippen LogP contribution in [0.2, 0.25) is 0 Å². The van der Waals surface area contributed by atoms with E-state index in [0.717, 1.165) is 44.2 Å². The fraction of sp³-hybridized carbons (Fsp3) is 0.789. The second-order valence-electron chi connectivity index (χ2n) is 6.30. The molecule has 0 heterocycles. The number of rotatable bonds is 16. The molecule has 0 rings (SSSR count). The number of ketones is 2. The van der Waals surface area contributed by atoms with Crippen LogP contribution >= 0.6 is 71.5 Å². The highest BCUT2D eigenvalue weighted by Gasteiger charge is 2.24. The van der Waals surface area contributed by atoms with Gasteiger partial charge in [-0.1, -0.05) is 81.1 Å². The van der Waals surface area contributed by atoms with E-state index >= 15 is 0 Å². The van der Waals surface area contributed by atoms with Gasteiger partial charge in [-0.05, 0) is 37.2 Å². The van der Waals surface area contributed by atoms with Gasteiger partial charge >= 0.3 is 0 Å². The molecule has 0 aliphatic rings. The van der Waals surface area contributed by atoms with Gasteiger partial charge in [0.15, 0.2) is 11.6 Å². The summed E-state index contributed by atoms with van der Waals surface area (Å²) in [5.74, 6) is 1.38. The maximum atomic E-state index is 12.1. The van der Waals surface area contributed by atoms with E-state index in [2.05, 4.69) is 13.8 Å². The molecule has 0 saturated carbocycles. The summed E-state index contributed by atoms with van der Waals surface area (Å²) >= 11 is 16.5. The summed E-state index contributed by atoms with van der Waals surface area (Å²) in [6.45, 7) is 3.22. The minimum Gasteiger partial charge on any atom is -0.389 e. The standard InChI is InChI=1S/C19H32O4S6/c1-3-5-10-26-18(24)28-16(14(22)12-20)8-7-9-17(15(23)13-21)29-19(25)27-11-6-4-2/h16-17,20-21H,3-13H2,1-2H3. The van der Waals surface area contributed by atoms with E-state index in [0.29, 0.717) is 19.3 Å². The largest absolute Gasteiger partial charge is 0.389 e. The summed E-state index contributed by atoms with van der Waals surface area (Å²) in [6, 6.07) is 0. The number of unbranched alkanes of at least 4 members (excludes halogenated alkanes) is 2. The lowest BCUT2D eigenvalue weighted by molar-refractivity contribution is -0.121. The van der Waals surface area contributed by atoms with Gasteiger partial charge in [0.05, 0.1) is 10.5 Å². The van der Waals surface area contributed by atoms with Crippen LogP contribution in [0.15, 0.2) is 0 Å². The minimum atomic E-state index is -0.508. The Morgan fingerprint density at radius 2 is 1.14 bits per heavy atom. The Balaban J connectivity index is 4.64. The van der Waals surface area contributed by atoms with Crippen LogP contribution in [-0.4, -0.2) is 64.1 Å². The number of aliphatic hydroxyl groups excluding tert-OH is 2. The molecule has 4 nitrogen and oxygen atoms in total. The van der Waals surface area contributed by atoms with Gasteiger partial charge in [0.2, 0.25) is 0 Å². The molecule has 2 N–H and O–H groups in total. The fourth-order valence-corrected chi connectivity index (χ4v) is 7.75. The van der Waals surface area contributed by atoms with E-state index in [9.17, 15) is 19.8 Å². The van der Waals surface area contributed by atoms with Gasteiger partial charge in [-0.3, -0.25) is 9.59 Å². The first-order valence-electron chi connectivity index (χ1n) is 9.83. The normalized spacial score (nSPS) is 13.1. The van der Waals surface area contributed by atoms with Crippen molar-refractivity contribution in [3.05, 3.63) is 0 Å². The van der Waals surface area contributed by atoms with Crippen molar-refractivity contribution in [1.82, 2.24) is 0 Å². The summed E-state index contributed by atoms with van der Waals surface area (Å²) in [7, 11) is 0. The second kappa shape index (κ2) is 19.5. The highest BCUT2D eigenvalue weighted by Crippen LogP contribution is 2.30. The van der Waals surface area contributed by atoms with Crippen molar-refractivity contribution in [3.8, 4) is 0 Å². The molecule has 10 heteroatoms. The van der Waals surface area contributed by atoms with E-state index in [1.54, 1.807) is 23.5 Å². The molecular weight excluding hydrogens is 485 g/mol. The average molecular weight is 517 g/mol. The monoisotopic (exact) mass is 516 g/mol. The Bertz CT molecular complexity index is 471. The Morgan fingerprint density at radius 1 is 0.759 bits per heavy atom. The molecule has 2 atom stereocenters. The number of carbonyl (C=O) groups excluding carboxylic acids is 2. The Morgan fingerprint density at radius 3 is 1.45 bits per heavy atom. The molecule has 0 aromatic rings. The Labute approximate surface area is 202 Å². The third-order valence-electron chi connectivity index (χ3n) is 3.88. The molecule has 0 fully saturated rings. The highest BCUT2D eigenvalue weighted by molar-refractivity contribution is 8.48. The number of aliphatic hydroxyl groups is 2. The molecular formula is C19H32O4S6. The molecule has 0 radical (unpaired) electrons. The molecule has 0 spiro atoms. The fourth-order valence-electron chi connectivity index (χ4n) is 2.16. The zero-order valence-electron chi connectivity index (χ0n) is 17.1. The topological polar surface area (TPSA) is 74.6 Å². The van der Waals surface area contributed by atoms with Crippen LogP contribution in [0.4, 0.5) is 0 Å². The lowest BCUT2D eigenvalue weighted by Crippen LogP contribution is -2.24. The molecule has 168 valence electrons. The number of carbonyl (C=O) groups is 2. The van der Waals surface area contributed by atoms with E-state index < -0.39 is 23.7 Å². The van der Waals surface area contributed by atoms with Crippen LogP contribution < -0.4 is 0 Å². The molecule has 0 saturated heterocycles. The molecule has 0 amide bonds. The lowest BCUT2D eigenvalue weighted by atomic mass is 10.1. The first-order chi connectivity index (χ1) is 13.9.